The second-order valence-electron chi connectivity index (χ2n) is 6.58. The topological polar surface area (TPSA) is 47.8 Å². The highest BCUT2D eigenvalue weighted by Gasteiger charge is 2.22. The number of aryl methyl sites for hydroxylation is 2. The first kappa shape index (κ1) is 16.0. The van der Waals surface area contributed by atoms with Gasteiger partial charge in [-0.15, -0.1) is 11.3 Å². The number of thioether (sulfide) groups is 1. The van der Waals surface area contributed by atoms with Gasteiger partial charge in [0.05, 0.1) is 16.6 Å². The van der Waals surface area contributed by atoms with Gasteiger partial charge in [-0.05, 0) is 37.0 Å². The van der Waals surface area contributed by atoms with E-state index in [1.54, 1.807) is 27.7 Å². The molecule has 1 aliphatic carbocycles. The largest absolute Gasteiger partial charge is 0.290 e. The summed E-state index contributed by atoms with van der Waals surface area (Å²) < 4.78 is 1.69. The fraction of sp³-hybridized carbons (Fsp3) is 0.250. The number of nitrogens with zero attached hydrogens (tertiary/aromatic N) is 3. The number of benzene rings is 1. The molecule has 0 spiro atoms. The third-order valence-corrected chi connectivity index (χ3v) is 7.16. The highest BCUT2D eigenvalue weighted by Crippen LogP contribution is 2.35. The van der Waals surface area contributed by atoms with E-state index in [2.05, 4.69) is 12.1 Å². The molecule has 0 saturated carbocycles. The molecule has 4 aromatic rings. The summed E-state index contributed by atoms with van der Waals surface area (Å²) in [4.78, 5) is 24.6. The lowest BCUT2D eigenvalue weighted by atomic mass is 10.2. The molecule has 4 nitrogen and oxygen atoms in total. The maximum absolute atomic E-state index is 12.9. The minimum atomic E-state index is 0.0865. The fourth-order valence-electron chi connectivity index (χ4n) is 3.56. The fourth-order valence-corrected chi connectivity index (χ4v) is 5.74. The third-order valence-electron chi connectivity index (χ3n) is 4.91. The quantitative estimate of drug-likeness (QED) is 0.393. The average molecular weight is 380 g/mol. The van der Waals surface area contributed by atoms with Crippen molar-refractivity contribution < 1.29 is 0 Å². The Balaban J connectivity index is 1.49. The zero-order valence-corrected chi connectivity index (χ0v) is 16.0. The van der Waals surface area contributed by atoms with Crippen molar-refractivity contribution in [2.45, 2.75) is 30.2 Å². The van der Waals surface area contributed by atoms with E-state index < -0.39 is 0 Å². The van der Waals surface area contributed by atoms with Crippen LogP contribution in [-0.2, 0) is 25.6 Å². The van der Waals surface area contributed by atoms with Crippen molar-refractivity contribution in [2.75, 3.05) is 0 Å². The van der Waals surface area contributed by atoms with Crippen molar-refractivity contribution >= 4 is 44.2 Å². The predicted octanol–water partition coefficient (Wildman–Crippen LogP) is 4.32. The van der Waals surface area contributed by atoms with Crippen molar-refractivity contribution in [3.8, 4) is 0 Å². The van der Waals surface area contributed by atoms with Gasteiger partial charge in [0.25, 0.3) is 5.56 Å². The van der Waals surface area contributed by atoms with Crippen molar-refractivity contribution in [2.24, 2.45) is 7.05 Å². The second kappa shape index (κ2) is 6.21. The zero-order chi connectivity index (χ0) is 17.7. The first-order valence-corrected chi connectivity index (χ1v) is 10.5. The number of aromatic nitrogens is 3. The number of thiophene rings is 1. The standard InChI is InChI=1S/C20H17N3OS2/c1-23-19(24)17-14-6-4-8-16(14)26-18(17)22-20(23)25-11-13-10-9-12-5-2-3-7-15(12)21-13/h2-3,5,7,9-10H,4,6,8,11H2,1H3. The van der Waals surface area contributed by atoms with Crippen LogP contribution < -0.4 is 5.56 Å². The molecule has 3 heterocycles. The van der Waals surface area contributed by atoms with Crippen LogP contribution in [0.1, 0.15) is 22.6 Å². The van der Waals surface area contributed by atoms with Gasteiger partial charge < -0.3 is 0 Å². The van der Waals surface area contributed by atoms with Gasteiger partial charge in [0.1, 0.15) is 4.83 Å². The van der Waals surface area contributed by atoms with Crippen LogP contribution in [0.3, 0.4) is 0 Å². The molecule has 0 radical (unpaired) electrons. The summed E-state index contributed by atoms with van der Waals surface area (Å²) in [5.74, 6) is 0.696. The van der Waals surface area contributed by atoms with Crippen molar-refractivity contribution in [3.63, 3.8) is 0 Å². The van der Waals surface area contributed by atoms with E-state index in [1.165, 1.54) is 10.4 Å². The molecule has 5 rings (SSSR count). The van der Waals surface area contributed by atoms with E-state index in [0.717, 1.165) is 51.2 Å². The predicted molar refractivity (Wildman–Crippen MR) is 108 cm³/mol. The minimum absolute atomic E-state index is 0.0865. The number of pyridine rings is 1. The SMILES string of the molecule is Cn1c(SCc2ccc3ccccc3n2)nc2sc3c(c2c1=O)CCC3. The van der Waals surface area contributed by atoms with E-state index in [-0.39, 0.29) is 5.56 Å². The summed E-state index contributed by atoms with van der Waals surface area (Å²) in [5.41, 5.74) is 3.32. The Bertz CT molecular complexity index is 1210. The number of fused-ring (bicyclic) bond motifs is 4. The highest BCUT2D eigenvalue weighted by molar-refractivity contribution is 7.98. The van der Waals surface area contributed by atoms with Gasteiger partial charge in [-0.2, -0.15) is 0 Å². The zero-order valence-electron chi connectivity index (χ0n) is 14.4. The van der Waals surface area contributed by atoms with Crippen LogP contribution in [-0.4, -0.2) is 14.5 Å². The van der Waals surface area contributed by atoms with Crippen LogP contribution in [0.15, 0.2) is 46.3 Å². The Morgan fingerprint density at radius 3 is 2.96 bits per heavy atom. The molecule has 0 aliphatic heterocycles. The van der Waals surface area contributed by atoms with Gasteiger partial charge in [-0.3, -0.25) is 14.3 Å². The molecule has 0 unspecified atom stereocenters. The monoisotopic (exact) mass is 379 g/mol. The number of rotatable bonds is 3. The van der Waals surface area contributed by atoms with Crippen LogP contribution in [0.4, 0.5) is 0 Å². The van der Waals surface area contributed by atoms with Crippen LogP contribution >= 0.6 is 23.1 Å². The minimum Gasteiger partial charge on any atom is -0.290 e. The number of hydrogen-bond donors (Lipinski definition) is 0. The molecule has 0 atom stereocenters. The van der Waals surface area contributed by atoms with Crippen LogP contribution in [0.25, 0.3) is 21.1 Å². The van der Waals surface area contributed by atoms with Crippen LogP contribution in [0, 0.1) is 0 Å². The molecule has 0 fully saturated rings. The second-order valence-corrected chi connectivity index (χ2v) is 8.61. The first-order chi connectivity index (χ1) is 12.7. The van der Waals surface area contributed by atoms with Crippen molar-refractivity contribution in [1.29, 1.82) is 0 Å². The molecule has 26 heavy (non-hydrogen) atoms. The summed E-state index contributed by atoms with van der Waals surface area (Å²) in [6.45, 7) is 0. The van der Waals surface area contributed by atoms with E-state index in [1.807, 2.05) is 31.3 Å². The summed E-state index contributed by atoms with van der Waals surface area (Å²) >= 11 is 3.27. The summed E-state index contributed by atoms with van der Waals surface area (Å²) in [5, 5.41) is 2.75. The lowest BCUT2D eigenvalue weighted by Gasteiger charge is -2.08. The third kappa shape index (κ3) is 2.56. The Morgan fingerprint density at radius 2 is 2.04 bits per heavy atom. The molecular formula is C20H17N3OS2. The molecule has 1 aliphatic rings. The molecule has 0 saturated heterocycles. The normalized spacial score (nSPS) is 13.6. The van der Waals surface area contributed by atoms with Crippen molar-refractivity contribution in [1.82, 2.24) is 14.5 Å². The van der Waals surface area contributed by atoms with Gasteiger partial charge in [-0.25, -0.2) is 4.98 Å². The smallest absolute Gasteiger partial charge is 0.262 e. The van der Waals surface area contributed by atoms with E-state index in [9.17, 15) is 4.79 Å². The Hall–Kier alpha value is -2.18. The maximum Gasteiger partial charge on any atom is 0.262 e. The van der Waals surface area contributed by atoms with E-state index >= 15 is 0 Å². The molecule has 1 aromatic carbocycles. The van der Waals surface area contributed by atoms with Crippen molar-refractivity contribution in [3.05, 3.63) is 62.9 Å². The summed E-state index contributed by atoms with van der Waals surface area (Å²) in [6.07, 6.45) is 3.26. The Morgan fingerprint density at radius 1 is 1.15 bits per heavy atom. The summed E-state index contributed by atoms with van der Waals surface area (Å²) in [6, 6.07) is 12.3. The lowest BCUT2D eigenvalue weighted by molar-refractivity contribution is 0.726. The number of hydrogen-bond acceptors (Lipinski definition) is 5. The summed E-state index contributed by atoms with van der Waals surface area (Å²) in [7, 11) is 1.82. The lowest BCUT2D eigenvalue weighted by Crippen LogP contribution is -2.20. The van der Waals surface area contributed by atoms with Crippen LogP contribution in [0.5, 0.6) is 0 Å². The molecule has 6 heteroatoms. The van der Waals surface area contributed by atoms with Crippen LogP contribution in [0.2, 0.25) is 0 Å². The molecular weight excluding hydrogens is 362 g/mol. The molecule has 0 amide bonds. The van der Waals surface area contributed by atoms with E-state index in [0.29, 0.717) is 5.75 Å². The molecule has 0 bridgehead atoms. The Kier molecular flexibility index (Phi) is 3.83. The first-order valence-electron chi connectivity index (χ1n) is 8.69. The average Bonchev–Trinajstić information content (AvgIpc) is 3.24. The van der Waals surface area contributed by atoms with Gasteiger partial charge >= 0.3 is 0 Å². The van der Waals surface area contributed by atoms with Gasteiger partial charge in [0.15, 0.2) is 5.16 Å². The number of para-hydroxylation sites is 1. The van der Waals surface area contributed by atoms with Gasteiger partial charge in [-0.1, -0.05) is 36.0 Å². The molecule has 130 valence electrons. The highest BCUT2D eigenvalue weighted by atomic mass is 32.2. The van der Waals surface area contributed by atoms with E-state index in [4.69, 9.17) is 9.97 Å². The molecule has 3 aromatic heterocycles. The Labute approximate surface area is 158 Å². The molecule has 0 N–H and O–H groups in total. The van der Waals surface area contributed by atoms with Gasteiger partial charge in [0.2, 0.25) is 0 Å². The van der Waals surface area contributed by atoms with Gasteiger partial charge in [0, 0.05) is 23.1 Å². The maximum atomic E-state index is 12.9.